The van der Waals surface area contributed by atoms with Crippen molar-refractivity contribution in [2.75, 3.05) is 25.5 Å². The third-order valence-corrected chi connectivity index (χ3v) is 3.56. The molecule has 2 aromatic rings. The van der Waals surface area contributed by atoms with Crippen LogP contribution in [-0.2, 0) is 6.54 Å². The summed E-state index contributed by atoms with van der Waals surface area (Å²) in [6.45, 7) is 3.18. The van der Waals surface area contributed by atoms with Gasteiger partial charge in [0, 0.05) is 32.7 Å². The van der Waals surface area contributed by atoms with Crippen LogP contribution in [0.2, 0.25) is 5.15 Å². The van der Waals surface area contributed by atoms with E-state index in [0.29, 0.717) is 29.6 Å². The van der Waals surface area contributed by atoms with Gasteiger partial charge in [-0.05, 0) is 24.6 Å². The molecule has 0 N–H and O–H groups in total. The zero-order valence-corrected chi connectivity index (χ0v) is 13.8. The number of carbonyl (C=O) groups is 1. The van der Waals surface area contributed by atoms with Gasteiger partial charge in [-0.25, -0.2) is 4.98 Å². The molecule has 116 valence electrons. The maximum atomic E-state index is 12.7. The fraction of sp³-hybridized carbons (Fsp3) is 0.294. The van der Waals surface area contributed by atoms with E-state index < -0.39 is 0 Å². The largest absolute Gasteiger partial charge is 0.363 e. The standard InChI is InChI=1S/C17H20ClN3O/c1-4-21(12-13-8-6-5-7-9-13)17(22)14-10-15(18)19-16(11-14)20(2)3/h5-11H,4,12H2,1-3H3. The first kappa shape index (κ1) is 16.3. The first-order valence-electron chi connectivity index (χ1n) is 7.19. The summed E-state index contributed by atoms with van der Waals surface area (Å²) in [5.41, 5.74) is 1.66. The molecule has 0 saturated heterocycles. The number of hydrogen-bond donors (Lipinski definition) is 0. The van der Waals surface area contributed by atoms with Crippen LogP contribution < -0.4 is 4.90 Å². The lowest BCUT2D eigenvalue weighted by molar-refractivity contribution is 0.0752. The van der Waals surface area contributed by atoms with E-state index in [9.17, 15) is 4.79 Å². The molecule has 22 heavy (non-hydrogen) atoms. The van der Waals surface area contributed by atoms with E-state index in [1.165, 1.54) is 0 Å². The molecule has 0 fully saturated rings. The van der Waals surface area contributed by atoms with Crippen LogP contribution in [-0.4, -0.2) is 36.4 Å². The lowest BCUT2D eigenvalue weighted by Gasteiger charge is -2.22. The van der Waals surface area contributed by atoms with Crippen LogP contribution in [0.15, 0.2) is 42.5 Å². The Morgan fingerprint density at radius 2 is 1.86 bits per heavy atom. The lowest BCUT2D eigenvalue weighted by Crippen LogP contribution is -2.30. The Labute approximate surface area is 136 Å². The average Bonchev–Trinajstić information content (AvgIpc) is 2.52. The van der Waals surface area contributed by atoms with E-state index in [-0.39, 0.29) is 5.91 Å². The van der Waals surface area contributed by atoms with Gasteiger partial charge in [0.25, 0.3) is 5.91 Å². The Morgan fingerprint density at radius 3 is 2.45 bits per heavy atom. The molecule has 0 unspecified atom stereocenters. The quantitative estimate of drug-likeness (QED) is 0.792. The number of hydrogen-bond acceptors (Lipinski definition) is 3. The number of rotatable bonds is 5. The van der Waals surface area contributed by atoms with Gasteiger partial charge in [-0.15, -0.1) is 0 Å². The monoisotopic (exact) mass is 317 g/mol. The van der Waals surface area contributed by atoms with Gasteiger partial charge >= 0.3 is 0 Å². The van der Waals surface area contributed by atoms with Gasteiger partial charge in [-0.1, -0.05) is 41.9 Å². The summed E-state index contributed by atoms with van der Waals surface area (Å²) in [4.78, 5) is 20.6. The van der Waals surface area contributed by atoms with E-state index in [2.05, 4.69) is 4.98 Å². The second-order valence-electron chi connectivity index (χ2n) is 5.24. The molecular weight excluding hydrogens is 298 g/mol. The van der Waals surface area contributed by atoms with E-state index >= 15 is 0 Å². The molecule has 0 aliphatic carbocycles. The van der Waals surface area contributed by atoms with Crippen molar-refractivity contribution in [2.24, 2.45) is 0 Å². The number of benzene rings is 1. The van der Waals surface area contributed by atoms with Crippen molar-refractivity contribution < 1.29 is 4.79 Å². The second-order valence-corrected chi connectivity index (χ2v) is 5.62. The smallest absolute Gasteiger partial charge is 0.254 e. The molecule has 0 bridgehead atoms. The Kier molecular flexibility index (Phi) is 5.39. The molecule has 1 aromatic carbocycles. The molecule has 0 saturated carbocycles. The fourth-order valence-corrected chi connectivity index (χ4v) is 2.35. The Bertz CT molecular complexity index is 644. The van der Waals surface area contributed by atoms with Crippen LogP contribution in [0.1, 0.15) is 22.8 Å². The summed E-state index contributed by atoms with van der Waals surface area (Å²) >= 11 is 6.04. The zero-order chi connectivity index (χ0) is 16.1. The van der Waals surface area contributed by atoms with Crippen molar-refractivity contribution >= 4 is 23.3 Å². The molecule has 0 aliphatic rings. The summed E-state index contributed by atoms with van der Waals surface area (Å²) in [5.74, 6) is 0.630. The minimum absolute atomic E-state index is 0.0428. The molecule has 0 aliphatic heterocycles. The highest BCUT2D eigenvalue weighted by Crippen LogP contribution is 2.19. The maximum absolute atomic E-state index is 12.7. The molecule has 0 radical (unpaired) electrons. The third-order valence-electron chi connectivity index (χ3n) is 3.37. The highest BCUT2D eigenvalue weighted by molar-refractivity contribution is 6.29. The van der Waals surface area contributed by atoms with Crippen LogP contribution in [0, 0.1) is 0 Å². The van der Waals surface area contributed by atoms with E-state index in [1.807, 2.05) is 56.3 Å². The molecule has 1 aromatic heterocycles. The Balaban J connectivity index is 2.25. The fourth-order valence-electron chi connectivity index (χ4n) is 2.15. The SMILES string of the molecule is CCN(Cc1ccccc1)C(=O)c1cc(Cl)nc(N(C)C)c1. The predicted octanol–water partition coefficient (Wildman–Crippen LogP) is 3.46. The summed E-state index contributed by atoms with van der Waals surface area (Å²) in [6.07, 6.45) is 0. The van der Waals surface area contributed by atoms with E-state index in [4.69, 9.17) is 11.6 Å². The molecule has 1 amide bonds. The molecule has 1 heterocycles. The van der Waals surface area contributed by atoms with Crippen LogP contribution in [0.3, 0.4) is 0 Å². The molecule has 0 atom stereocenters. The van der Waals surface area contributed by atoms with Gasteiger partial charge in [0.05, 0.1) is 0 Å². The number of anilines is 1. The number of amides is 1. The Morgan fingerprint density at radius 1 is 1.18 bits per heavy atom. The highest BCUT2D eigenvalue weighted by atomic mass is 35.5. The van der Waals surface area contributed by atoms with Gasteiger partial charge in [0.1, 0.15) is 11.0 Å². The number of nitrogens with zero attached hydrogens (tertiary/aromatic N) is 3. The minimum atomic E-state index is -0.0428. The van der Waals surface area contributed by atoms with Crippen molar-refractivity contribution in [3.8, 4) is 0 Å². The summed E-state index contributed by atoms with van der Waals surface area (Å²) in [7, 11) is 3.74. The average molecular weight is 318 g/mol. The van der Waals surface area contributed by atoms with Crippen LogP contribution >= 0.6 is 11.6 Å². The maximum Gasteiger partial charge on any atom is 0.254 e. The van der Waals surface area contributed by atoms with Crippen LogP contribution in [0.4, 0.5) is 5.82 Å². The minimum Gasteiger partial charge on any atom is -0.363 e. The molecule has 5 heteroatoms. The summed E-state index contributed by atoms with van der Waals surface area (Å²) in [6, 6.07) is 13.3. The summed E-state index contributed by atoms with van der Waals surface area (Å²) in [5, 5.41) is 0.324. The van der Waals surface area contributed by atoms with Crippen molar-refractivity contribution in [1.82, 2.24) is 9.88 Å². The van der Waals surface area contributed by atoms with Gasteiger partial charge in [0.15, 0.2) is 0 Å². The molecule has 2 rings (SSSR count). The van der Waals surface area contributed by atoms with E-state index in [1.54, 1.807) is 17.0 Å². The van der Waals surface area contributed by atoms with Crippen molar-refractivity contribution in [3.05, 3.63) is 58.7 Å². The molecular formula is C17H20ClN3O. The lowest BCUT2D eigenvalue weighted by atomic mass is 10.1. The first-order valence-corrected chi connectivity index (χ1v) is 7.57. The van der Waals surface area contributed by atoms with Crippen molar-refractivity contribution in [2.45, 2.75) is 13.5 Å². The van der Waals surface area contributed by atoms with Gasteiger partial charge < -0.3 is 9.80 Å². The van der Waals surface area contributed by atoms with Crippen molar-refractivity contribution in [1.29, 1.82) is 0 Å². The van der Waals surface area contributed by atoms with Crippen LogP contribution in [0.25, 0.3) is 0 Å². The topological polar surface area (TPSA) is 36.4 Å². The van der Waals surface area contributed by atoms with Gasteiger partial charge in [-0.3, -0.25) is 4.79 Å². The Hall–Kier alpha value is -2.07. The van der Waals surface area contributed by atoms with E-state index in [0.717, 1.165) is 5.56 Å². The zero-order valence-electron chi connectivity index (χ0n) is 13.1. The highest BCUT2D eigenvalue weighted by Gasteiger charge is 2.17. The number of halogens is 1. The summed E-state index contributed by atoms with van der Waals surface area (Å²) < 4.78 is 0. The normalized spacial score (nSPS) is 10.4. The first-order chi connectivity index (χ1) is 10.5. The number of pyridine rings is 1. The van der Waals surface area contributed by atoms with Crippen LogP contribution in [0.5, 0.6) is 0 Å². The van der Waals surface area contributed by atoms with Gasteiger partial charge in [-0.2, -0.15) is 0 Å². The number of carbonyl (C=O) groups excluding carboxylic acids is 1. The number of aromatic nitrogens is 1. The van der Waals surface area contributed by atoms with Crippen molar-refractivity contribution in [3.63, 3.8) is 0 Å². The third kappa shape index (κ3) is 3.98. The second kappa shape index (κ2) is 7.27. The molecule has 4 nitrogen and oxygen atoms in total. The predicted molar refractivity (Wildman–Crippen MR) is 90.4 cm³/mol. The van der Waals surface area contributed by atoms with Gasteiger partial charge in [0.2, 0.25) is 0 Å². The molecule has 0 spiro atoms.